The first-order chi connectivity index (χ1) is 10.2. The van der Waals surface area contributed by atoms with Crippen molar-refractivity contribution in [1.29, 1.82) is 0 Å². The number of rotatable bonds is 5. The van der Waals surface area contributed by atoms with E-state index in [1.165, 1.54) is 26.0 Å². The summed E-state index contributed by atoms with van der Waals surface area (Å²) in [7, 11) is 1.33. The summed E-state index contributed by atoms with van der Waals surface area (Å²) in [4.78, 5) is 19.8. The van der Waals surface area contributed by atoms with Gasteiger partial charge in [-0.15, -0.1) is 0 Å². The first kappa shape index (κ1) is 22.4. The maximum absolute atomic E-state index is 10.2. The van der Waals surface area contributed by atoms with Gasteiger partial charge in [0.15, 0.2) is 0 Å². The van der Waals surface area contributed by atoms with Gasteiger partial charge < -0.3 is 14.6 Å². The Hall–Kier alpha value is -1.88. The number of carboxylic acid groups (broad SMARTS) is 1. The van der Waals surface area contributed by atoms with Crippen LogP contribution in [0.25, 0.3) is 0 Å². The fourth-order valence-electron chi connectivity index (χ4n) is 1.12. The SMILES string of the molecule is C=C(C)C(=O)O.C=C(C)C(=O)OC.CC=C(CC)CC1CO1. The normalized spacial score (nSPS) is 15.3. The predicted octanol–water partition coefficient (Wildman–Crippen LogP) is 3.51. The van der Waals surface area contributed by atoms with E-state index in [1.54, 1.807) is 6.92 Å². The topological polar surface area (TPSA) is 76.1 Å². The van der Waals surface area contributed by atoms with Crippen LogP contribution in [0.15, 0.2) is 36.0 Å². The minimum atomic E-state index is -0.935. The number of hydrogen-bond acceptors (Lipinski definition) is 4. The maximum Gasteiger partial charge on any atom is 0.332 e. The van der Waals surface area contributed by atoms with E-state index in [0.29, 0.717) is 11.7 Å². The Morgan fingerprint density at radius 3 is 1.91 bits per heavy atom. The molecule has 1 aliphatic rings. The Kier molecular flexibility index (Phi) is 13.1. The molecule has 1 fully saturated rings. The molecule has 5 heteroatoms. The van der Waals surface area contributed by atoms with Gasteiger partial charge in [0.1, 0.15) is 0 Å². The van der Waals surface area contributed by atoms with Crippen molar-refractivity contribution in [3.8, 4) is 0 Å². The second-order valence-electron chi connectivity index (χ2n) is 4.82. The molecule has 22 heavy (non-hydrogen) atoms. The number of ether oxygens (including phenoxy) is 2. The molecule has 5 nitrogen and oxygen atoms in total. The molecule has 1 heterocycles. The zero-order valence-corrected chi connectivity index (χ0v) is 14.3. The third-order valence-electron chi connectivity index (χ3n) is 2.65. The van der Waals surface area contributed by atoms with E-state index in [1.807, 2.05) is 0 Å². The Labute approximate surface area is 133 Å². The highest BCUT2D eigenvalue weighted by molar-refractivity contribution is 5.86. The van der Waals surface area contributed by atoms with Crippen molar-refractivity contribution in [2.45, 2.75) is 46.6 Å². The molecular formula is C17H28O5. The van der Waals surface area contributed by atoms with Crippen molar-refractivity contribution in [3.05, 3.63) is 36.0 Å². The van der Waals surface area contributed by atoms with Gasteiger partial charge in [-0.1, -0.05) is 31.7 Å². The third kappa shape index (κ3) is 14.5. The molecule has 1 rings (SSSR count). The van der Waals surface area contributed by atoms with E-state index in [-0.39, 0.29) is 11.5 Å². The molecule has 0 aliphatic carbocycles. The molecule has 0 aromatic carbocycles. The summed E-state index contributed by atoms with van der Waals surface area (Å²) in [6.45, 7) is 14.8. The van der Waals surface area contributed by atoms with Crippen molar-refractivity contribution in [3.63, 3.8) is 0 Å². The Bertz CT molecular complexity index is 405. The Morgan fingerprint density at radius 1 is 1.32 bits per heavy atom. The number of hydrogen-bond donors (Lipinski definition) is 1. The molecule has 0 saturated carbocycles. The zero-order valence-electron chi connectivity index (χ0n) is 14.3. The fourth-order valence-corrected chi connectivity index (χ4v) is 1.12. The minimum Gasteiger partial charge on any atom is -0.478 e. The predicted molar refractivity (Wildman–Crippen MR) is 87.7 cm³/mol. The molecule has 0 radical (unpaired) electrons. The number of esters is 1. The molecule has 0 amide bonds. The van der Waals surface area contributed by atoms with Crippen LogP contribution >= 0.6 is 0 Å². The third-order valence-corrected chi connectivity index (χ3v) is 2.65. The van der Waals surface area contributed by atoms with Crippen LogP contribution in [0.3, 0.4) is 0 Å². The fraction of sp³-hybridized carbons (Fsp3) is 0.529. The molecule has 0 aromatic rings. The minimum absolute atomic E-state index is 0.176. The van der Waals surface area contributed by atoms with Crippen molar-refractivity contribution >= 4 is 11.9 Å². The number of allylic oxidation sites excluding steroid dienone is 1. The molecule has 0 spiro atoms. The molecule has 126 valence electrons. The van der Waals surface area contributed by atoms with Gasteiger partial charge in [-0.3, -0.25) is 0 Å². The van der Waals surface area contributed by atoms with Gasteiger partial charge in [0.25, 0.3) is 0 Å². The lowest BCUT2D eigenvalue weighted by Crippen LogP contribution is -1.98. The number of carbonyl (C=O) groups excluding carboxylic acids is 1. The summed E-state index contributed by atoms with van der Waals surface area (Å²) >= 11 is 0. The maximum atomic E-state index is 10.2. The van der Waals surface area contributed by atoms with Crippen LogP contribution in [0.1, 0.15) is 40.5 Å². The number of carbonyl (C=O) groups is 2. The van der Waals surface area contributed by atoms with Gasteiger partial charge in [-0.25, -0.2) is 9.59 Å². The lowest BCUT2D eigenvalue weighted by atomic mass is 10.1. The van der Waals surface area contributed by atoms with Gasteiger partial charge in [0, 0.05) is 11.1 Å². The largest absolute Gasteiger partial charge is 0.478 e. The Morgan fingerprint density at radius 2 is 1.77 bits per heavy atom. The quantitative estimate of drug-likeness (QED) is 0.364. The highest BCUT2D eigenvalue weighted by Crippen LogP contribution is 2.20. The summed E-state index contributed by atoms with van der Waals surface area (Å²) in [5.74, 6) is -1.28. The molecular weight excluding hydrogens is 284 g/mol. The molecule has 0 aromatic heterocycles. The van der Waals surface area contributed by atoms with Crippen molar-refractivity contribution in [2.75, 3.05) is 13.7 Å². The zero-order chi connectivity index (χ0) is 17.7. The molecule has 1 unspecified atom stereocenters. The number of methoxy groups -OCH3 is 1. The monoisotopic (exact) mass is 312 g/mol. The van der Waals surface area contributed by atoms with Crippen LogP contribution in [-0.4, -0.2) is 36.9 Å². The van der Waals surface area contributed by atoms with Crippen LogP contribution < -0.4 is 0 Å². The highest BCUT2D eigenvalue weighted by Gasteiger charge is 2.22. The second-order valence-corrected chi connectivity index (χ2v) is 4.82. The van der Waals surface area contributed by atoms with Gasteiger partial charge in [-0.2, -0.15) is 0 Å². The van der Waals surface area contributed by atoms with Crippen molar-refractivity contribution in [2.24, 2.45) is 0 Å². The highest BCUT2D eigenvalue weighted by atomic mass is 16.6. The summed E-state index contributed by atoms with van der Waals surface area (Å²) < 4.78 is 9.37. The van der Waals surface area contributed by atoms with E-state index >= 15 is 0 Å². The van der Waals surface area contributed by atoms with Crippen LogP contribution in [0.4, 0.5) is 0 Å². The standard InChI is InChI=1S/C8H14O.C5H8O2.C4H6O2/c1-3-7(4-2)5-8-6-9-8;1-4(2)5(6)7-3;1-3(2)4(5)6/h3,8H,4-6H2,1-2H3;1H2,2-3H3;1H2,2H3,(H,5,6). The Balaban J connectivity index is 0. The van der Waals surface area contributed by atoms with Crippen LogP contribution in [0.5, 0.6) is 0 Å². The van der Waals surface area contributed by atoms with Crippen LogP contribution in [0.2, 0.25) is 0 Å². The average Bonchev–Trinajstić information content (AvgIpc) is 3.28. The van der Waals surface area contributed by atoms with Crippen molar-refractivity contribution < 1.29 is 24.2 Å². The van der Waals surface area contributed by atoms with E-state index in [2.05, 4.69) is 37.8 Å². The van der Waals surface area contributed by atoms with Gasteiger partial charge in [0.2, 0.25) is 0 Å². The van der Waals surface area contributed by atoms with E-state index in [4.69, 9.17) is 9.84 Å². The summed E-state index contributed by atoms with van der Waals surface area (Å²) in [5.41, 5.74) is 2.13. The first-order valence-corrected chi connectivity index (χ1v) is 7.07. The van der Waals surface area contributed by atoms with Crippen LogP contribution in [0, 0.1) is 0 Å². The van der Waals surface area contributed by atoms with Crippen molar-refractivity contribution in [1.82, 2.24) is 0 Å². The molecule has 1 saturated heterocycles. The summed E-state index contributed by atoms with van der Waals surface area (Å²) in [6.07, 6.45) is 5.10. The van der Waals surface area contributed by atoms with Gasteiger partial charge in [-0.05, 0) is 33.6 Å². The van der Waals surface area contributed by atoms with Gasteiger partial charge >= 0.3 is 11.9 Å². The van der Waals surface area contributed by atoms with E-state index in [0.717, 1.165) is 13.0 Å². The number of carboxylic acids is 1. The smallest absolute Gasteiger partial charge is 0.332 e. The number of aliphatic carboxylic acids is 1. The van der Waals surface area contributed by atoms with Crippen LogP contribution in [-0.2, 0) is 19.1 Å². The van der Waals surface area contributed by atoms with E-state index < -0.39 is 5.97 Å². The lowest BCUT2D eigenvalue weighted by molar-refractivity contribution is -0.136. The average molecular weight is 312 g/mol. The van der Waals surface area contributed by atoms with Gasteiger partial charge in [0.05, 0.1) is 19.8 Å². The summed E-state index contributed by atoms with van der Waals surface area (Å²) in [6, 6.07) is 0. The first-order valence-electron chi connectivity index (χ1n) is 7.07. The van der Waals surface area contributed by atoms with E-state index in [9.17, 15) is 9.59 Å². The lowest BCUT2D eigenvalue weighted by Gasteiger charge is -1.97. The summed E-state index contributed by atoms with van der Waals surface area (Å²) in [5, 5.41) is 7.89. The number of epoxide rings is 1. The molecule has 1 aliphatic heterocycles. The molecule has 1 atom stereocenters. The second kappa shape index (κ2) is 12.8. The molecule has 0 bridgehead atoms. The molecule has 1 N–H and O–H groups in total.